The summed E-state index contributed by atoms with van der Waals surface area (Å²) in [4.78, 5) is 10.9. The van der Waals surface area contributed by atoms with Crippen LogP contribution in [0.25, 0.3) is 0 Å². The predicted octanol–water partition coefficient (Wildman–Crippen LogP) is 0.887. The molecule has 2 aliphatic rings. The molecule has 110 valence electrons. The highest BCUT2D eigenvalue weighted by Gasteiger charge is 2.37. The Labute approximate surface area is 114 Å². The normalized spacial score (nSPS) is 34.3. The minimum atomic E-state index is -0.805. The largest absolute Gasteiger partial charge is 0.481 e. The molecule has 0 aliphatic heterocycles. The highest BCUT2D eigenvalue weighted by molar-refractivity contribution is 5.70. The quantitative estimate of drug-likeness (QED) is 0.596. The van der Waals surface area contributed by atoms with E-state index in [-0.39, 0.29) is 5.92 Å². The SMILES string of the molecule is O=C(O)C1CCC(O)(CNCC2(O)CCCC2)CC1. The van der Waals surface area contributed by atoms with Crippen molar-refractivity contribution in [3.8, 4) is 0 Å². The molecule has 5 nitrogen and oxygen atoms in total. The molecule has 0 amide bonds. The van der Waals surface area contributed by atoms with E-state index < -0.39 is 17.2 Å². The minimum Gasteiger partial charge on any atom is -0.481 e. The van der Waals surface area contributed by atoms with Crippen LogP contribution in [-0.4, -0.2) is 45.6 Å². The average molecular weight is 271 g/mol. The summed E-state index contributed by atoms with van der Waals surface area (Å²) < 4.78 is 0. The molecule has 0 saturated heterocycles. The van der Waals surface area contributed by atoms with Crippen molar-refractivity contribution in [1.82, 2.24) is 5.32 Å². The maximum atomic E-state index is 10.9. The number of aliphatic hydroxyl groups is 2. The number of hydrogen-bond donors (Lipinski definition) is 4. The number of hydrogen-bond acceptors (Lipinski definition) is 4. The highest BCUT2D eigenvalue weighted by atomic mass is 16.4. The number of nitrogens with one attached hydrogen (secondary N) is 1. The van der Waals surface area contributed by atoms with Crippen molar-refractivity contribution in [3.05, 3.63) is 0 Å². The maximum absolute atomic E-state index is 10.9. The van der Waals surface area contributed by atoms with Crippen LogP contribution in [0, 0.1) is 5.92 Å². The zero-order valence-electron chi connectivity index (χ0n) is 11.4. The lowest BCUT2D eigenvalue weighted by Gasteiger charge is -2.35. The first-order chi connectivity index (χ1) is 8.93. The molecule has 19 heavy (non-hydrogen) atoms. The third kappa shape index (κ3) is 3.91. The second kappa shape index (κ2) is 5.77. The number of rotatable bonds is 5. The molecule has 0 heterocycles. The molecular weight excluding hydrogens is 246 g/mol. The molecule has 0 aromatic carbocycles. The molecule has 4 N–H and O–H groups in total. The van der Waals surface area contributed by atoms with Gasteiger partial charge in [0.25, 0.3) is 0 Å². The van der Waals surface area contributed by atoms with E-state index in [2.05, 4.69) is 5.32 Å². The van der Waals surface area contributed by atoms with Gasteiger partial charge in [0.2, 0.25) is 0 Å². The Hall–Kier alpha value is -0.650. The Morgan fingerprint density at radius 3 is 1.95 bits per heavy atom. The van der Waals surface area contributed by atoms with Crippen LogP contribution < -0.4 is 5.32 Å². The van der Waals surface area contributed by atoms with E-state index >= 15 is 0 Å². The van der Waals surface area contributed by atoms with Gasteiger partial charge in [-0.15, -0.1) is 0 Å². The average Bonchev–Trinajstić information content (AvgIpc) is 2.76. The van der Waals surface area contributed by atoms with Gasteiger partial charge in [-0.2, -0.15) is 0 Å². The van der Waals surface area contributed by atoms with E-state index in [4.69, 9.17) is 5.11 Å². The lowest BCUT2D eigenvalue weighted by Crippen LogP contribution is -2.48. The lowest BCUT2D eigenvalue weighted by molar-refractivity contribution is -0.144. The van der Waals surface area contributed by atoms with Crippen molar-refractivity contribution in [2.24, 2.45) is 5.92 Å². The van der Waals surface area contributed by atoms with E-state index in [1.165, 1.54) is 0 Å². The van der Waals surface area contributed by atoms with Gasteiger partial charge < -0.3 is 20.6 Å². The fourth-order valence-electron chi connectivity index (χ4n) is 3.32. The van der Waals surface area contributed by atoms with Crippen molar-refractivity contribution >= 4 is 5.97 Å². The van der Waals surface area contributed by atoms with Gasteiger partial charge >= 0.3 is 5.97 Å². The molecule has 0 unspecified atom stereocenters. The van der Waals surface area contributed by atoms with Gasteiger partial charge in [0, 0.05) is 13.1 Å². The second-order valence-corrected chi connectivity index (χ2v) is 6.37. The molecule has 0 bridgehead atoms. The molecule has 2 rings (SSSR count). The molecule has 5 heteroatoms. The standard InChI is InChI=1S/C14H25NO4/c16-12(17)11-3-7-14(19,8-4-11)10-15-9-13(18)5-1-2-6-13/h11,15,18-19H,1-10H2,(H,16,17). The summed E-state index contributed by atoms with van der Waals surface area (Å²) in [5.74, 6) is -1.06. The fourth-order valence-corrected chi connectivity index (χ4v) is 3.32. The van der Waals surface area contributed by atoms with Crippen molar-refractivity contribution in [3.63, 3.8) is 0 Å². The van der Waals surface area contributed by atoms with Crippen LogP contribution in [0.15, 0.2) is 0 Å². The maximum Gasteiger partial charge on any atom is 0.306 e. The number of aliphatic carboxylic acids is 1. The van der Waals surface area contributed by atoms with Crippen molar-refractivity contribution < 1.29 is 20.1 Å². The second-order valence-electron chi connectivity index (χ2n) is 6.37. The third-order valence-corrected chi connectivity index (χ3v) is 4.71. The van der Waals surface area contributed by atoms with Gasteiger partial charge in [-0.3, -0.25) is 4.79 Å². The Bertz CT molecular complexity index is 317. The van der Waals surface area contributed by atoms with Crippen LogP contribution in [0.3, 0.4) is 0 Å². The van der Waals surface area contributed by atoms with Gasteiger partial charge in [-0.05, 0) is 38.5 Å². The van der Waals surface area contributed by atoms with E-state index in [0.717, 1.165) is 25.7 Å². The van der Waals surface area contributed by atoms with Gasteiger partial charge in [-0.25, -0.2) is 0 Å². The van der Waals surface area contributed by atoms with E-state index in [1.54, 1.807) is 0 Å². The first kappa shape index (κ1) is 14.8. The Kier molecular flexibility index (Phi) is 4.48. The van der Waals surface area contributed by atoms with Crippen molar-refractivity contribution in [2.75, 3.05) is 13.1 Å². The topological polar surface area (TPSA) is 89.8 Å². The lowest BCUT2D eigenvalue weighted by atomic mass is 9.78. The van der Waals surface area contributed by atoms with Crippen LogP contribution in [-0.2, 0) is 4.79 Å². The van der Waals surface area contributed by atoms with Crippen molar-refractivity contribution in [1.29, 1.82) is 0 Å². The fraction of sp³-hybridized carbons (Fsp3) is 0.929. The van der Waals surface area contributed by atoms with Gasteiger partial charge in [-0.1, -0.05) is 12.8 Å². The third-order valence-electron chi connectivity index (χ3n) is 4.71. The molecule has 0 atom stereocenters. The van der Waals surface area contributed by atoms with Crippen LogP contribution in [0.1, 0.15) is 51.4 Å². The Morgan fingerprint density at radius 1 is 1.00 bits per heavy atom. The number of carboxylic acid groups (broad SMARTS) is 1. The summed E-state index contributed by atoms with van der Waals surface area (Å²) in [6, 6.07) is 0. The van der Waals surface area contributed by atoms with Crippen LogP contribution in [0.4, 0.5) is 0 Å². The van der Waals surface area contributed by atoms with E-state index in [9.17, 15) is 15.0 Å². The highest BCUT2D eigenvalue weighted by Crippen LogP contribution is 2.32. The zero-order chi connectivity index (χ0) is 13.9. The summed E-state index contributed by atoms with van der Waals surface area (Å²) in [5.41, 5.74) is -1.41. The molecular formula is C14H25NO4. The molecule has 2 saturated carbocycles. The summed E-state index contributed by atoms with van der Waals surface area (Å²) in [7, 11) is 0. The molecule has 2 fully saturated rings. The van der Waals surface area contributed by atoms with Gasteiger partial charge in [0.15, 0.2) is 0 Å². The van der Waals surface area contributed by atoms with Crippen LogP contribution in [0.5, 0.6) is 0 Å². The van der Waals surface area contributed by atoms with Crippen molar-refractivity contribution in [2.45, 2.75) is 62.6 Å². The molecule has 2 aliphatic carbocycles. The molecule has 0 aromatic heterocycles. The monoisotopic (exact) mass is 271 g/mol. The summed E-state index contributed by atoms with van der Waals surface area (Å²) >= 11 is 0. The summed E-state index contributed by atoms with van der Waals surface area (Å²) in [6.07, 6.45) is 5.94. The van der Waals surface area contributed by atoms with Crippen LogP contribution >= 0.6 is 0 Å². The zero-order valence-corrected chi connectivity index (χ0v) is 11.4. The first-order valence-electron chi connectivity index (χ1n) is 7.31. The smallest absolute Gasteiger partial charge is 0.306 e. The van der Waals surface area contributed by atoms with Gasteiger partial charge in [0.05, 0.1) is 17.1 Å². The molecule has 0 aromatic rings. The van der Waals surface area contributed by atoms with Gasteiger partial charge in [0.1, 0.15) is 0 Å². The number of carboxylic acids is 1. The first-order valence-corrected chi connectivity index (χ1v) is 7.31. The van der Waals surface area contributed by atoms with E-state index in [1.807, 2.05) is 0 Å². The molecule has 0 spiro atoms. The summed E-state index contributed by atoms with van der Waals surface area (Å²) in [6.45, 7) is 0.972. The summed E-state index contributed by atoms with van der Waals surface area (Å²) in [5, 5.41) is 32.7. The Balaban J connectivity index is 1.72. The Morgan fingerprint density at radius 2 is 1.47 bits per heavy atom. The van der Waals surface area contributed by atoms with E-state index in [0.29, 0.717) is 38.8 Å². The van der Waals surface area contributed by atoms with Crippen LogP contribution in [0.2, 0.25) is 0 Å². The minimum absolute atomic E-state index is 0.306. The predicted molar refractivity (Wildman–Crippen MR) is 70.8 cm³/mol. The number of carbonyl (C=O) groups is 1. The molecule has 0 radical (unpaired) electrons.